The minimum Gasteiger partial charge on any atom is -0.326 e. The van der Waals surface area contributed by atoms with E-state index >= 15 is 0 Å². The van der Waals surface area contributed by atoms with E-state index in [1.807, 2.05) is 76.2 Å². The predicted molar refractivity (Wildman–Crippen MR) is 105 cm³/mol. The van der Waals surface area contributed by atoms with Gasteiger partial charge in [-0.05, 0) is 30.5 Å². The fourth-order valence-electron chi connectivity index (χ4n) is 2.32. The molecule has 0 atom stereocenters. The Kier molecular flexibility index (Phi) is 6.43. The summed E-state index contributed by atoms with van der Waals surface area (Å²) in [5.41, 5.74) is 2.59. The lowest BCUT2D eigenvalue weighted by atomic mass is 9.92. The molecule has 2 aromatic rings. The van der Waals surface area contributed by atoms with Crippen molar-refractivity contribution in [1.82, 2.24) is 0 Å². The number of benzene rings is 2. The third kappa shape index (κ3) is 6.75. The normalized spacial score (nSPS) is 11.2. The van der Waals surface area contributed by atoms with Gasteiger partial charge in [-0.1, -0.05) is 56.7 Å². The lowest BCUT2D eigenvalue weighted by molar-refractivity contribution is -0.117. The van der Waals surface area contributed by atoms with Crippen LogP contribution in [0.1, 0.15) is 43.1 Å². The van der Waals surface area contributed by atoms with Gasteiger partial charge in [-0.25, -0.2) is 0 Å². The van der Waals surface area contributed by atoms with Crippen molar-refractivity contribution in [3.8, 4) is 0 Å². The molecule has 2 aromatic carbocycles. The first-order valence-corrected chi connectivity index (χ1v) is 9.34. The molecule has 2 rings (SSSR count). The zero-order valence-corrected chi connectivity index (χ0v) is 16.1. The molecule has 1 amide bonds. The fraction of sp³-hybridized carbons (Fsp3) is 0.333. The van der Waals surface area contributed by atoms with Gasteiger partial charge in [0.1, 0.15) is 0 Å². The highest BCUT2D eigenvalue weighted by molar-refractivity contribution is 8.00. The maximum Gasteiger partial charge on any atom is 0.224 e. The summed E-state index contributed by atoms with van der Waals surface area (Å²) >= 11 is 1.48. The second-order valence-corrected chi connectivity index (χ2v) is 8.44. The van der Waals surface area contributed by atoms with Gasteiger partial charge < -0.3 is 5.32 Å². The number of carbonyl (C=O) groups excluding carboxylic acids is 2. The van der Waals surface area contributed by atoms with Gasteiger partial charge in [0.05, 0.1) is 5.75 Å². The van der Waals surface area contributed by atoms with E-state index in [4.69, 9.17) is 0 Å². The summed E-state index contributed by atoms with van der Waals surface area (Å²) in [5.74, 6) is 0.486. The van der Waals surface area contributed by atoms with Gasteiger partial charge in [0.15, 0.2) is 5.78 Å². The number of hydrogen-bond donors (Lipinski definition) is 1. The average molecular weight is 356 g/mol. The number of aryl methyl sites for hydroxylation is 1. The lowest BCUT2D eigenvalue weighted by Crippen LogP contribution is -2.19. The molecular weight excluding hydrogens is 330 g/mol. The molecule has 0 aliphatic heterocycles. The summed E-state index contributed by atoms with van der Waals surface area (Å²) in [4.78, 5) is 25.3. The van der Waals surface area contributed by atoms with Crippen molar-refractivity contribution < 1.29 is 9.59 Å². The number of carbonyl (C=O) groups is 2. The zero-order valence-electron chi connectivity index (χ0n) is 15.3. The summed E-state index contributed by atoms with van der Waals surface area (Å²) in [7, 11) is 0. The van der Waals surface area contributed by atoms with E-state index in [2.05, 4.69) is 5.32 Å². The first-order valence-electron chi connectivity index (χ1n) is 8.35. The van der Waals surface area contributed by atoms with Gasteiger partial charge in [0.25, 0.3) is 0 Å². The number of Topliss-reactive ketones (excluding diaryl/α,β-unsaturated/α-hetero) is 1. The Morgan fingerprint density at radius 1 is 1.04 bits per heavy atom. The molecule has 132 valence electrons. The summed E-state index contributed by atoms with van der Waals surface area (Å²) in [6.45, 7) is 8.11. The van der Waals surface area contributed by atoms with Gasteiger partial charge in [-0.3, -0.25) is 9.59 Å². The predicted octanol–water partition coefficient (Wildman–Crippen LogP) is 5.34. The van der Waals surface area contributed by atoms with Crippen LogP contribution in [0.25, 0.3) is 0 Å². The Balaban J connectivity index is 1.93. The number of rotatable bonds is 6. The Morgan fingerprint density at radius 2 is 1.72 bits per heavy atom. The molecule has 0 aliphatic rings. The monoisotopic (exact) mass is 355 g/mol. The molecule has 0 spiro atoms. The SMILES string of the molecule is Cc1ccc(C(=O)CSc2cccc(NC(=O)CC(C)(C)C)c2)cc1. The Morgan fingerprint density at radius 3 is 2.36 bits per heavy atom. The number of thioether (sulfide) groups is 1. The molecule has 1 N–H and O–H groups in total. The van der Waals surface area contributed by atoms with Crippen molar-refractivity contribution in [3.63, 3.8) is 0 Å². The van der Waals surface area contributed by atoms with Gasteiger partial charge in [-0.15, -0.1) is 11.8 Å². The van der Waals surface area contributed by atoms with E-state index in [1.54, 1.807) is 0 Å². The van der Waals surface area contributed by atoms with E-state index < -0.39 is 0 Å². The van der Waals surface area contributed by atoms with Crippen LogP contribution in [0.15, 0.2) is 53.4 Å². The number of hydrogen-bond acceptors (Lipinski definition) is 3. The maximum atomic E-state index is 12.3. The van der Waals surface area contributed by atoms with Crippen molar-refractivity contribution in [2.45, 2.75) is 39.0 Å². The summed E-state index contributed by atoms with van der Waals surface area (Å²) in [5, 5.41) is 2.93. The molecule has 0 unspecified atom stereocenters. The standard InChI is InChI=1S/C21H25NO2S/c1-15-8-10-16(11-9-15)19(23)14-25-18-7-5-6-17(12-18)22-20(24)13-21(2,3)4/h5-12H,13-14H2,1-4H3,(H,22,24). The van der Waals surface area contributed by atoms with E-state index in [0.29, 0.717) is 12.2 Å². The number of ketones is 1. The van der Waals surface area contributed by atoms with Crippen molar-refractivity contribution in [2.24, 2.45) is 5.41 Å². The molecule has 25 heavy (non-hydrogen) atoms. The fourth-order valence-corrected chi connectivity index (χ4v) is 3.17. The van der Waals surface area contributed by atoms with E-state index in [9.17, 15) is 9.59 Å². The quantitative estimate of drug-likeness (QED) is 0.561. The van der Waals surface area contributed by atoms with Crippen molar-refractivity contribution in [1.29, 1.82) is 0 Å². The molecule has 4 heteroatoms. The average Bonchev–Trinajstić information content (AvgIpc) is 2.52. The second kappa shape index (κ2) is 8.34. The molecule has 0 saturated heterocycles. The molecule has 0 aromatic heterocycles. The van der Waals surface area contributed by atoms with Crippen LogP contribution in [0.4, 0.5) is 5.69 Å². The highest BCUT2D eigenvalue weighted by Crippen LogP contribution is 2.24. The zero-order chi connectivity index (χ0) is 18.4. The first kappa shape index (κ1) is 19.3. The number of anilines is 1. The number of nitrogens with one attached hydrogen (secondary N) is 1. The molecule has 0 saturated carbocycles. The molecule has 3 nitrogen and oxygen atoms in total. The maximum absolute atomic E-state index is 12.3. The van der Waals surface area contributed by atoms with Crippen LogP contribution < -0.4 is 5.32 Å². The van der Waals surface area contributed by atoms with Crippen molar-refractivity contribution >= 4 is 29.1 Å². The summed E-state index contributed by atoms with van der Waals surface area (Å²) in [6, 6.07) is 15.2. The summed E-state index contributed by atoms with van der Waals surface area (Å²) in [6.07, 6.45) is 0.469. The van der Waals surface area contributed by atoms with Crippen LogP contribution in [-0.4, -0.2) is 17.4 Å². The van der Waals surface area contributed by atoms with Gasteiger partial charge >= 0.3 is 0 Å². The highest BCUT2D eigenvalue weighted by Gasteiger charge is 2.16. The van der Waals surface area contributed by atoms with Crippen LogP contribution in [0.3, 0.4) is 0 Å². The highest BCUT2D eigenvalue weighted by atomic mass is 32.2. The Labute approximate surface area is 154 Å². The smallest absolute Gasteiger partial charge is 0.224 e. The van der Waals surface area contributed by atoms with E-state index in [1.165, 1.54) is 11.8 Å². The molecule has 0 aliphatic carbocycles. The molecule has 0 bridgehead atoms. The van der Waals surface area contributed by atoms with Gasteiger partial charge in [0.2, 0.25) is 5.91 Å². The Bertz CT molecular complexity index is 745. The van der Waals surface area contributed by atoms with Crippen LogP contribution >= 0.6 is 11.8 Å². The van der Waals surface area contributed by atoms with E-state index in [0.717, 1.165) is 21.7 Å². The topological polar surface area (TPSA) is 46.2 Å². The lowest BCUT2D eigenvalue weighted by Gasteiger charge is -2.17. The van der Waals surface area contributed by atoms with Gasteiger partial charge in [0, 0.05) is 22.6 Å². The van der Waals surface area contributed by atoms with Crippen LogP contribution in [-0.2, 0) is 4.79 Å². The second-order valence-electron chi connectivity index (χ2n) is 7.39. The van der Waals surface area contributed by atoms with Crippen molar-refractivity contribution in [2.75, 3.05) is 11.1 Å². The largest absolute Gasteiger partial charge is 0.326 e. The van der Waals surface area contributed by atoms with E-state index in [-0.39, 0.29) is 17.1 Å². The van der Waals surface area contributed by atoms with Crippen LogP contribution in [0.2, 0.25) is 0 Å². The first-order chi connectivity index (χ1) is 11.7. The molecule has 0 fully saturated rings. The van der Waals surface area contributed by atoms with Gasteiger partial charge in [-0.2, -0.15) is 0 Å². The van der Waals surface area contributed by atoms with Crippen LogP contribution in [0.5, 0.6) is 0 Å². The van der Waals surface area contributed by atoms with Crippen LogP contribution in [0, 0.1) is 12.3 Å². The minimum absolute atomic E-state index is 0.00498. The minimum atomic E-state index is -0.0447. The third-order valence-corrected chi connectivity index (χ3v) is 4.55. The third-order valence-electron chi connectivity index (χ3n) is 3.55. The molecule has 0 heterocycles. The molecule has 0 radical (unpaired) electrons. The number of amides is 1. The van der Waals surface area contributed by atoms with Crippen molar-refractivity contribution in [3.05, 3.63) is 59.7 Å². The Hall–Kier alpha value is -2.07. The summed E-state index contributed by atoms with van der Waals surface area (Å²) < 4.78 is 0. The molecular formula is C21H25NO2S.